The summed E-state index contributed by atoms with van der Waals surface area (Å²) in [5.74, 6) is 1.88. The number of thiophene rings is 2. The van der Waals surface area contributed by atoms with Gasteiger partial charge in [-0.3, -0.25) is 9.98 Å². The van der Waals surface area contributed by atoms with E-state index in [2.05, 4.69) is 79.8 Å². The molecule has 0 atom stereocenters. The summed E-state index contributed by atoms with van der Waals surface area (Å²) in [6, 6.07) is 13.0. The molecule has 11 heteroatoms. The molecule has 2 aromatic heterocycles. The Labute approximate surface area is 265 Å². The minimum Gasteiger partial charge on any atom is -0.496 e. The van der Waals surface area contributed by atoms with Crippen molar-refractivity contribution >= 4 is 99.9 Å². The molecule has 214 valence electrons. The summed E-state index contributed by atoms with van der Waals surface area (Å²) >= 11 is 8.79. The van der Waals surface area contributed by atoms with E-state index in [4.69, 9.17) is 9.47 Å². The van der Waals surface area contributed by atoms with Crippen molar-refractivity contribution in [1.82, 2.24) is 9.80 Å². The van der Waals surface area contributed by atoms with Crippen LogP contribution >= 0.6 is 58.0 Å². The number of amidine groups is 2. The summed E-state index contributed by atoms with van der Waals surface area (Å²) in [5, 5.41) is 8.81. The van der Waals surface area contributed by atoms with Crippen molar-refractivity contribution in [3.05, 3.63) is 80.1 Å². The summed E-state index contributed by atoms with van der Waals surface area (Å²) in [5.41, 5.74) is 4.90. The van der Waals surface area contributed by atoms with Crippen molar-refractivity contribution in [2.45, 2.75) is 0 Å². The number of fused-ring (bicyclic) bond motifs is 4. The van der Waals surface area contributed by atoms with Crippen LogP contribution in [0.25, 0.3) is 31.6 Å². The fourth-order valence-electron chi connectivity index (χ4n) is 5.50. The maximum absolute atomic E-state index is 5.59. The van der Waals surface area contributed by atoms with Crippen LogP contribution in [0.4, 0.5) is 0 Å². The lowest BCUT2D eigenvalue weighted by molar-refractivity contribution is 0.419. The van der Waals surface area contributed by atoms with Crippen LogP contribution in [0, 0.1) is 0 Å². The van der Waals surface area contributed by atoms with E-state index in [0.717, 1.165) is 48.0 Å². The SMILES string of the molecule is C=CC1=C(c2cc(OC)c3ccsc3c2)N2CCN=C2S1.COc1cc(C2=C(SC)SC3=NCCN32)cc2sccc12. The van der Waals surface area contributed by atoms with Crippen LogP contribution in [-0.2, 0) is 0 Å². The van der Waals surface area contributed by atoms with Gasteiger partial charge in [-0.05, 0) is 76.9 Å². The zero-order valence-electron chi connectivity index (χ0n) is 23.4. The number of nitrogens with zero attached hydrogens (tertiary/aromatic N) is 4. The number of ether oxygens (including phenoxy) is 2. The van der Waals surface area contributed by atoms with Crippen LogP contribution in [0.15, 0.2) is 78.9 Å². The molecule has 0 spiro atoms. The van der Waals surface area contributed by atoms with Gasteiger partial charge in [0.1, 0.15) is 11.5 Å². The van der Waals surface area contributed by atoms with Crippen LogP contribution in [0.5, 0.6) is 11.5 Å². The third kappa shape index (κ3) is 4.75. The van der Waals surface area contributed by atoms with Crippen molar-refractivity contribution in [3.63, 3.8) is 0 Å². The quantitative estimate of drug-likeness (QED) is 0.208. The highest BCUT2D eigenvalue weighted by molar-refractivity contribution is 8.30. The number of thioether (sulfide) groups is 3. The average molecular weight is 649 g/mol. The number of benzene rings is 2. The van der Waals surface area contributed by atoms with E-state index < -0.39 is 0 Å². The molecule has 4 aromatic rings. The Bertz CT molecular complexity index is 1850. The van der Waals surface area contributed by atoms with Gasteiger partial charge in [0, 0.05) is 49.3 Å². The molecule has 6 nitrogen and oxygen atoms in total. The lowest BCUT2D eigenvalue weighted by Gasteiger charge is -2.18. The van der Waals surface area contributed by atoms with Crippen molar-refractivity contribution in [2.24, 2.45) is 9.98 Å². The number of rotatable bonds is 6. The summed E-state index contributed by atoms with van der Waals surface area (Å²) in [7, 11) is 3.47. The first-order chi connectivity index (χ1) is 20.6. The number of hydrogen-bond acceptors (Lipinski definition) is 11. The topological polar surface area (TPSA) is 49.7 Å². The Kier molecular flexibility index (Phi) is 7.78. The molecule has 6 heterocycles. The van der Waals surface area contributed by atoms with Crippen molar-refractivity contribution in [1.29, 1.82) is 0 Å². The predicted octanol–water partition coefficient (Wildman–Crippen LogP) is 8.50. The largest absolute Gasteiger partial charge is 0.496 e. The smallest absolute Gasteiger partial charge is 0.169 e. The fourth-order valence-corrected chi connectivity index (χ4v) is 10.2. The summed E-state index contributed by atoms with van der Waals surface area (Å²) in [4.78, 5) is 14.9. The number of allylic oxidation sites excluding steroid dienone is 1. The van der Waals surface area contributed by atoms with Crippen molar-refractivity contribution in [3.8, 4) is 11.5 Å². The standard InChI is InChI=1S/C16H14N2OS2.C15H14N2OS3/c1-3-13-15(18-6-5-17-16(18)21-13)10-8-12(19-2)11-4-7-20-14(11)9-10;1-18-11-7-9(8-12-10(11)3-6-20-12)13-14(19-2)21-15-16-4-5-17(13)15/h3-4,7-9H,1,5-6H2,2H3;3,6-8H,4-5H2,1-2H3. The first kappa shape index (κ1) is 28.0. The Morgan fingerprint density at radius 1 is 0.810 bits per heavy atom. The van der Waals surface area contributed by atoms with E-state index in [9.17, 15) is 0 Å². The lowest BCUT2D eigenvalue weighted by Crippen LogP contribution is -2.20. The van der Waals surface area contributed by atoms with Gasteiger partial charge in [0.15, 0.2) is 10.3 Å². The first-order valence-electron chi connectivity index (χ1n) is 13.4. The van der Waals surface area contributed by atoms with Crippen LogP contribution in [-0.4, -0.2) is 66.8 Å². The normalized spacial score (nSPS) is 17.5. The minimum atomic E-state index is 0.870. The van der Waals surface area contributed by atoms with Gasteiger partial charge in [-0.15, -0.1) is 34.4 Å². The molecule has 0 amide bonds. The number of aliphatic imine (C=N–C) groups is 2. The molecule has 0 aliphatic carbocycles. The van der Waals surface area contributed by atoms with Gasteiger partial charge in [0.25, 0.3) is 0 Å². The third-order valence-electron chi connectivity index (χ3n) is 7.38. The van der Waals surface area contributed by atoms with Crippen molar-refractivity contribution in [2.75, 3.05) is 46.7 Å². The van der Waals surface area contributed by atoms with Gasteiger partial charge in [-0.25, -0.2) is 0 Å². The molecule has 0 saturated heterocycles. The fraction of sp³-hybridized carbons (Fsp3) is 0.226. The Balaban J connectivity index is 0.000000137. The minimum absolute atomic E-state index is 0.870. The summed E-state index contributed by atoms with van der Waals surface area (Å²) in [6.45, 7) is 7.64. The average Bonchev–Trinajstić information content (AvgIpc) is 3.84. The molecule has 8 rings (SSSR count). The molecule has 0 saturated carbocycles. The first-order valence-corrected chi connectivity index (χ1v) is 18.0. The molecule has 0 unspecified atom stereocenters. The van der Waals surface area contributed by atoms with E-state index in [1.54, 1.807) is 72.2 Å². The zero-order valence-corrected chi connectivity index (χ0v) is 27.5. The molecule has 0 N–H and O–H groups in total. The van der Waals surface area contributed by atoms with E-state index in [1.165, 1.54) is 51.8 Å². The molecule has 4 aliphatic rings. The third-order valence-corrected chi connectivity index (χ3v) is 12.4. The second kappa shape index (κ2) is 11.7. The van der Waals surface area contributed by atoms with Gasteiger partial charge in [-0.2, -0.15) is 0 Å². The van der Waals surface area contributed by atoms with Crippen LogP contribution in [0.2, 0.25) is 0 Å². The molecule has 2 aromatic carbocycles. The maximum atomic E-state index is 5.59. The molecule has 4 aliphatic heterocycles. The second-order valence-corrected chi connectivity index (χ2v) is 14.6. The van der Waals surface area contributed by atoms with Gasteiger partial charge >= 0.3 is 0 Å². The van der Waals surface area contributed by atoms with E-state index >= 15 is 0 Å². The van der Waals surface area contributed by atoms with E-state index in [-0.39, 0.29) is 0 Å². The van der Waals surface area contributed by atoms with Gasteiger partial charge in [-0.1, -0.05) is 12.7 Å². The lowest BCUT2D eigenvalue weighted by atomic mass is 10.1. The second-order valence-electron chi connectivity index (χ2n) is 9.61. The Hall–Kier alpha value is -2.83. The molecular weight excluding hydrogens is 621 g/mol. The number of methoxy groups -OCH3 is 2. The highest BCUT2D eigenvalue weighted by Gasteiger charge is 2.34. The molecule has 0 radical (unpaired) electrons. The van der Waals surface area contributed by atoms with Gasteiger partial charge in [0.2, 0.25) is 0 Å². The summed E-state index contributed by atoms with van der Waals surface area (Å²) in [6.07, 6.45) is 4.05. The predicted molar refractivity (Wildman–Crippen MR) is 188 cm³/mol. The summed E-state index contributed by atoms with van der Waals surface area (Å²) < 4.78 is 15.0. The van der Waals surface area contributed by atoms with E-state index in [0.29, 0.717) is 0 Å². The molecule has 0 fully saturated rings. The molecule has 42 heavy (non-hydrogen) atoms. The Morgan fingerprint density at radius 3 is 1.90 bits per heavy atom. The van der Waals surface area contributed by atoms with Crippen molar-refractivity contribution < 1.29 is 9.47 Å². The number of hydrogen-bond donors (Lipinski definition) is 0. The van der Waals surface area contributed by atoms with Crippen LogP contribution in [0.3, 0.4) is 0 Å². The van der Waals surface area contributed by atoms with E-state index in [1.807, 2.05) is 6.08 Å². The van der Waals surface area contributed by atoms with Gasteiger partial charge in [0.05, 0.1) is 42.9 Å². The monoisotopic (exact) mass is 648 g/mol. The molecular formula is C31H28N4O2S5. The molecule has 0 bridgehead atoms. The highest BCUT2D eigenvalue weighted by atomic mass is 32.2. The van der Waals surface area contributed by atoms with Gasteiger partial charge < -0.3 is 19.3 Å². The zero-order chi connectivity index (χ0) is 28.8. The van der Waals surface area contributed by atoms with Crippen LogP contribution in [0.1, 0.15) is 11.1 Å². The Morgan fingerprint density at radius 2 is 1.36 bits per heavy atom. The maximum Gasteiger partial charge on any atom is 0.169 e. The highest BCUT2D eigenvalue weighted by Crippen LogP contribution is 2.48. The van der Waals surface area contributed by atoms with Crippen LogP contribution < -0.4 is 9.47 Å².